The lowest BCUT2D eigenvalue weighted by Gasteiger charge is -2.26. The molecule has 2 atom stereocenters. The van der Waals surface area contributed by atoms with Gasteiger partial charge in [0, 0.05) is 0 Å². The SMILES string of the molecule is C=C/C=C(\C=C)P(CC(C)C(=O)OC1CCCCC1)c1ccccc1. The molecule has 0 spiro atoms. The Morgan fingerprint density at radius 3 is 2.52 bits per heavy atom. The van der Waals surface area contributed by atoms with E-state index in [1.54, 1.807) is 6.08 Å². The Morgan fingerprint density at radius 2 is 1.92 bits per heavy atom. The van der Waals surface area contributed by atoms with Crippen molar-refractivity contribution in [1.82, 2.24) is 0 Å². The van der Waals surface area contributed by atoms with Gasteiger partial charge in [0.25, 0.3) is 0 Å². The van der Waals surface area contributed by atoms with E-state index in [0.29, 0.717) is 0 Å². The van der Waals surface area contributed by atoms with Crippen LogP contribution in [0.25, 0.3) is 0 Å². The normalized spacial score (nSPS) is 18.2. The van der Waals surface area contributed by atoms with Gasteiger partial charge in [-0.1, -0.05) is 75.1 Å². The van der Waals surface area contributed by atoms with E-state index in [1.807, 2.05) is 37.3 Å². The van der Waals surface area contributed by atoms with Gasteiger partial charge in [0.1, 0.15) is 6.10 Å². The summed E-state index contributed by atoms with van der Waals surface area (Å²) in [5.74, 6) is -0.182. The minimum absolute atomic E-state index is 0.0580. The largest absolute Gasteiger partial charge is 0.462 e. The van der Waals surface area contributed by atoms with Gasteiger partial charge in [-0.15, -0.1) is 0 Å². The van der Waals surface area contributed by atoms with Crippen molar-refractivity contribution in [2.24, 2.45) is 5.92 Å². The fourth-order valence-corrected chi connectivity index (χ4v) is 5.62. The van der Waals surface area contributed by atoms with Crippen molar-refractivity contribution < 1.29 is 9.53 Å². The van der Waals surface area contributed by atoms with Crippen molar-refractivity contribution in [1.29, 1.82) is 0 Å². The Bertz CT molecular complexity index is 600. The maximum absolute atomic E-state index is 12.6. The Hall–Kier alpha value is -1.66. The van der Waals surface area contributed by atoms with Crippen LogP contribution in [-0.4, -0.2) is 18.2 Å². The first-order valence-electron chi connectivity index (χ1n) is 9.14. The van der Waals surface area contributed by atoms with Crippen LogP contribution in [-0.2, 0) is 9.53 Å². The predicted molar refractivity (Wildman–Crippen MR) is 108 cm³/mol. The molecule has 2 unspecified atom stereocenters. The molecular formula is C22H29O2P. The van der Waals surface area contributed by atoms with Gasteiger partial charge < -0.3 is 4.74 Å². The molecule has 0 heterocycles. The van der Waals surface area contributed by atoms with Crippen LogP contribution in [0.4, 0.5) is 0 Å². The average molecular weight is 356 g/mol. The summed E-state index contributed by atoms with van der Waals surface area (Å²) >= 11 is 0. The fourth-order valence-electron chi connectivity index (χ4n) is 3.17. The number of allylic oxidation sites excluding steroid dienone is 4. The van der Waals surface area contributed by atoms with E-state index in [-0.39, 0.29) is 18.0 Å². The monoisotopic (exact) mass is 356 g/mol. The molecule has 0 amide bonds. The van der Waals surface area contributed by atoms with Crippen LogP contribution in [0.5, 0.6) is 0 Å². The van der Waals surface area contributed by atoms with E-state index < -0.39 is 7.92 Å². The van der Waals surface area contributed by atoms with Gasteiger partial charge in [-0.05, 0) is 50.4 Å². The van der Waals surface area contributed by atoms with Crippen LogP contribution in [0, 0.1) is 5.92 Å². The second-order valence-corrected chi connectivity index (χ2v) is 8.83. The summed E-state index contributed by atoms with van der Waals surface area (Å²) in [5, 5.41) is 2.40. The third-order valence-corrected chi connectivity index (χ3v) is 7.36. The molecule has 1 saturated carbocycles. The molecule has 2 nitrogen and oxygen atoms in total. The minimum Gasteiger partial charge on any atom is -0.462 e. The molecule has 0 aliphatic heterocycles. The van der Waals surface area contributed by atoms with Gasteiger partial charge in [0.15, 0.2) is 0 Å². The maximum atomic E-state index is 12.6. The van der Waals surface area contributed by atoms with Crippen LogP contribution < -0.4 is 5.30 Å². The van der Waals surface area contributed by atoms with E-state index in [9.17, 15) is 4.79 Å². The summed E-state index contributed by atoms with van der Waals surface area (Å²) in [6.45, 7) is 9.75. The zero-order valence-electron chi connectivity index (χ0n) is 15.2. The van der Waals surface area contributed by atoms with Crippen molar-refractivity contribution in [2.45, 2.75) is 45.1 Å². The second kappa shape index (κ2) is 10.4. The molecule has 1 aromatic carbocycles. The molecule has 25 heavy (non-hydrogen) atoms. The standard InChI is InChI=1S/C22H29O2P/c1-4-12-20(5-2)25(21-15-10-7-11-16-21)17-18(3)22(23)24-19-13-8-6-9-14-19/h4-5,7,10-12,15-16,18-19H,1-2,6,8-9,13-14,17H2,3H3/b20-12+. The van der Waals surface area contributed by atoms with Crippen molar-refractivity contribution >= 4 is 19.2 Å². The molecule has 134 valence electrons. The average Bonchev–Trinajstić information content (AvgIpc) is 2.65. The lowest BCUT2D eigenvalue weighted by atomic mass is 9.98. The Balaban J connectivity index is 2.09. The number of carbonyl (C=O) groups excluding carboxylic acids is 1. The van der Waals surface area contributed by atoms with Crippen LogP contribution in [0.2, 0.25) is 0 Å². The molecule has 1 aliphatic carbocycles. The number of hydrogen-bond donors (Lipinski definition) is 0. The highest BCUT2D eigenvalue weighted by atomic mass is 31.1. The molecule has 0 N–H and O–H groups in total. The third-order valence-electron chi connectivity index (χ3n) is 4.57. The topological polar surface area (TPSA) is 26.3 Å². The lowest BCUT2D eigenvalue weighted by Crippen LogP contribution is -2.26. The molecule has 1 aromatic rings. The lowest BCUT2D eigenvalue weighted by molar-refractivity contribution is -0.154. The molecule has 0 bridgehead atoms. The summed E-state index contributed by atoms with van der Waals surface area (Å²) in [7, 11) is -0.649. The van der Waals surface area contributed by atoms with Crippen molar-refractivity contribution in [2.75, 3.05) is 6.16 Å². The number of esters is 1. The summed E-state index contributed by atoms with van der Waals surface area (Å²) in [4.78, 5) is 12.6. The zero-order chi connectivity index (χ0) is 18.1. The highest BCUT2D eigenvalue weighted by Gasteiger charge is 2.25. The number of hydrogen-bond acceptors (Lipinski definition) is 2. The number of ether oxygens (including phenoxy) is 1. The predicted octanol–water partition coefficient (Wildman–Crippen LogP) is 5.56. The van der Waals surface area contributed by atoms with E-state index in [2.05, 4.69) is 25.3 Å². The van der Waals surface area contributed by atoms with Gasteiger partial charge in [0.05, 0.1) is 5.92 Å². The minimum atomic E-state index is -0.649. The van der Waals surface area contributed by atoms with Gasteiger partial charge in [-0.3, -0.25) is 4.79 Å². The maximum Gasteiger partial charge on any atom is 0.309 e. The third kappa shape index (κ3) is 5.97. The fraction of sp³-hybridized carbons (Fsp3) is 0.409. The smallest absolute Gasteiger partial charge is 0.309 e. The molecule has 1 fully saturated rings. The first kappa shape index (κ1) is 19.7. The number of rotatable bonds is 8. The van der Waals surface area contributed by atoms with Gasteiger partial charge in [-0.25, -0.2) is 0 Å². The van der Waals surface area contributed by atoms with Crippen LogP contribution >= 0.6 is 7.92 Å². The Labute approximate surface area is 153 Å². The van der Waals surface area contributed by atoms with Crippen molar-refractivity contribution in [3.05, 3.63) is 67.0 Å². The zero-order valence-corrected chi connectivity index (χ0v) is 16.1. The molecule has 0 radical (unpaired) electrons. The molecule has 2 rings (SSSR count). The van der Waals surface area contributed by atoms with Gasteiger partial charge >= 0.3 is 5.97 Å². The Morgan fingerprint density at radius 1 is 1.24 bits per heavy atom. The van der Waals surface area contributed by atoms with Crippen molar-refractivity contribution in [3.8, 4) is 0 Å². The molecule has 1 aliphatic rings. The first-order valence-corrected chi connectivity index (χ1v) is 10.7. The van der Waals surface area contributed by atoms with Gasteiger partial charge in [-0.2, -0.15) is 0 Å². The first-order chi connectivity index (χ1) is 12.2. The van der Waals surface area contributed by atoms with Crippen LogP contribution in [0.3, 0.4) is 0 Å². The Kier molecular flexibility index (Phi) is 8.15. The summed E-state index contributed by atoms with van der Waals surface area (Å²) in [5.41, 5.74) is 0. The second-order valence-electron chi connectivity index (χ2n) is 6.58. The van der Waals surface area contributed by atoms with Crippen LogP contribution in [0.15, 0.2) is 67.0 Å². The summed E-state index contributed by atoms with van der Waals surface area (Å²) < 4.78 is 5.77. The van der Waals surface area contributed by atoms with E-state index in [1.165, 1.54) is 24.6 Å². The number of carbonyl (C=O) groups is 1. The summed E-state index contributed by atoms with van der Waals surface area (Å²) in [6, 6.07) is 10.4. The summed E-state index contributed by atoms with van der Waals surface area (Å²) in [6.07, 6.45) is 12.2. The molecule has 3 heteroatoms. The highest BCUT2D eigenvalue weighted by molar-refractivity contribution is 7.70. The number of benzene rings is 1. The highest BCUT2D eigenvalue weighted by Crippen LogP contribution is 2.46. The quantitative estimate of drug-likeness (QED) is 0.346. The van der Waals surface area contributed by atoms with Crippen molar-refractivity contribution in [3.63, 3.8) is 0 Å². The van der Waals surface area contributed by atoms with Gasteiger partial charge in [0.2, 0.25) is 0 Å². The van der Waals surface area contributed by atoms with E-state index in [4.69, 9.17) is 4.74 Å². The molecule has 0 aromatic heterocycles. The van der Waals surface area contributed by atoms with E-state index in [0.717, 1.165) is 24.3 Å². The van der Waals surface area contributed by atoms with Crippen LogP contribution in [0.1, 0.15) is 39.0 Å². The van der Waals surface area contributed by atoms with E-state index >= 15 is 0 Å². The molecule has 0 saturated heterocycles. The molecular weight excluding hydrogens is 327 g/mol.